The number of amides is 1. The minimum absolute atomic E-state index is 0.0819. The number of nitrogens with one attached hydrogen (secondary N) is 1. The highest BCUT2D eigenvalue weighted by Crippen LogP contribution is 2.09. The summed E-state index contributed by atoms with van der Waals surface area (Å²) in [6.45, 7) is 2.11. The van der Waals surface area contributed by atoms with Crippen molar-refractivity contribution in [3.8, 4) is 0 Å². The van der Waals surface area contributed by atoms with Crippen LogP contribution in [-0.4, -0.2) is 10.9 Å². The number of benzene rings is 1. The Morgan fingerprint density at radius 1 is 1.16 bits per heavy atom. The van der Waals surface area contributed by atoms with Gasteiger partial charge in [0.15, 0.2) is 0 Å². The minimum Gasteiger partial charge on any atom is -0.397 e. The molecule has 1 aromatic heterocycles. The monoisotopic (exact) mass is 255 g/mol. The summed E-state index contributed by atoms with van der Waals surface area (Å²) in [6.07, 6.45) is 2.86. The Morgan fingerprint density at radius 2 is 1.84 bits per heavy atom. The molecule has 0 radical (unpaired) electrons. The van der Waals surface area contributed by atoms with E-state index in [1.807, 2.05) is 24.3 Å². The van der Waals surface area contributed by atoms with E-state index in [4.69, 9.17) is 5.73 Å². The van der Waals surface area contributed by atoms with Crippen molar-refractivity contribution in [3.63, 3.8) is 0 Å². The summed E-state index contributed by atoms with van der Waals surface area (Å²) in [5, 5.41) is 2.74. The van der Waals surface area contributed by atoms with Crippen LogP contribution in [-0.2, 0) is 17.6 Å². The molecule has 0 spiro atoms. The standard InChI is InChI=1S/C15H17N3O/c1-2-11-3-5-12(6-4-11)9-15(19)18-14-8-7-13(16)10-17-14/h3-8,10H,2,9,16H2,1H3,(H,17,18,19). The van der Waals surface area contributed by atoms with E-state index in [9.17, 15) is 4.79 Å². The van der Waals surface area contributed by atoms with Crippen molar-refractivity contribution in [2.75, 3.05) is 11.1 Å². The molecule has 0 aliphatic heterocycles. The lowest BCUT2D eigenvalue weighted by Crippen LogP contribution is -2.15. The van der Waals surface area contributed by atoms with E-state index in [2.05, 4.69) is 17.2 Å². The van der Waals surface area contributed by atoms with Gasteiger partial charge in [-0.2, -0.15) is 0 Å². The second kappa shape index (κ2) is 6.00. The first-order valence-electron chi connectivity index (χ1n) is 6.26. The van der Waals surface area contributed by atoms with Crippen LogP contribution in [0.2, 0.25) is 0 Å². The van der Waals surface area contributed by atoms with Crippen molar-refractivity contribution < 1.29 is 4.79 Å². The number of hydrogen-bond donors (Lipinski definition) is 2. The molecule has 4 heteroatoms. The van der Waals surface area contributed by atoms with Gasteiger partial charge in [0.05, 0.1) is 18.3 Å². The molecule has 98 valence electrons. The van der Waals surface area contributed by atoms with Crippen LogP contribution in [0.3, 0.4) is 0 Å². The average Bonchev–Trinajstić information content (AvgIpc) is 2.42. The molecule has 1 heterocycles. The average molecular weight is 255 g/mol. The number of nitrogens with two attached hydrogens (primary N) is 1. The van der Waals surface area contributed by atoms with Crippen molar-refractivity contribution in [2.45, 2.75) is 19.8 Å². The number of carbonyl (C=O) groups excluding carboxylic acids is 1. The van der Waals surface area contributed by atoms with Crippen LogP contribution in [0.15, 0.2) is 42.6 Å². The molecule has 0 fully saturated rings. The molecule has 1 amide bonds. The zero-order chi connectivity index (χ0) is 13.7. The number of anilines is 2. The minimum atomic E-state index is -0.0819. The van der Waals surface area contributed by atoms with Crippen LogP contribution < -0.4 is 11.1 Å². The summed E-state index contributed by atoms with van der Waals surface area (Å²) in [7, 11) is 0. The van der Waals surface area contributed by atoms with Crippen LogP contribution in [0, 0.1) is 0 Å². The molecule has 3 N–H and O–H groups in total. The van der Waals surface area contributed by atoms with E-state index in [0.717, 1.165) is 12.0 Å². The Hall–Kier alpha value is -2.36. The molecule has 2 aromatic rings. The third-order valence-electron chi connectivity index (χ3n) is 2.85. The predicted molar refractivity (Wildman–Crippen MR) is 76.8 cm³/mol. The molecule has 2 rings (SSSR count). The third-order valence-corrected chi connectivity index (χ3v) is 2.85. The molecule has 0 atom stereocenters. The lowest BCUT2D eigenvalue weighted by atomic mass is 10.1. The van der Waals surface area contributed by atoms with Gasteiger partial charge in [-0.05, 0) is 29.7 Å². The highest BCUT2D eigenvalue weighted by Gasteiger charge is 2.04. The van der Waals surface area contributed by atoms with Gasteiger partial charge in [0.2, 0.25) is 5.91 Å². The molecule has 4 nitrogen and oxygen atoms in total. The summed E-state index contributed by atoms with van der Waals surface area (Å²) in [5.41, 5.74) is 8.37. The third kappa shape index (κ3) is 3.81. The maximum Gasteiger partial charge on any atom is 0.229 e. The van der Waals surface area contributed by atoms with Gasteiger partial charge < -0.3 is 11.1 Å². The van der Waals surface area contributed by atoms with E-state index < -0.39 is 0 Å². The number of rotatable bonds is 4. The van der Waals surface area contributed by atoms with E-state index >= 15 is 0 Å². The summed E-state index contributed by atoms with van der Waals surface area (Å²) in [4.78, 5) is 15.9. The van der Waals surface area contributed by atoms with Gasteiger partial charge >= 0.3 is 0 Å². The van der Waals surface area contributed by atoms with E-state index in [1.54, 1.807) is 12.1 Å². The van der Waals surface area contributed by atoms with Crippen molar-refractivity contribution in [1.29, 1.82) is 0 Å². The number of pyridine rings is 1. The molecule has 0 aliphatic carbocycles. The largest absolute Gasteiger partial charge is 0.397 e. The summed E-state index contributed by atoms with van der Waals surface area (Å²) >= 11 is 0. The van der Waals surface area contributed by atoms with E-state index in [-0.39, 0.29) is 5.91 Å². The van der Waals surface area contributed by atoms with Gasteiger partial charge in [-0.15, -0.1) is 0 Å². The summed E-state index contributed by atoms with van der Waals surface area (Å²) < 4.78 is 0. The zero-order valence-electron chi connectivity index (χ0n) is 10.9. The Morgan fingerprint density at radius 3 is 2.42 bits per heavy atom. The fourth-order valence-corrected chi connectivity index (χ4v) is 1.74. The van der Waals surface area contributed by atoms with Crippen molar-refractivity contribution in [2.24, 2.45) is 0 Å². The van der Waals surface area contributed by atoms with Crippen LogP contribution in [0.25, 0.3) is 0 Å². The van der Waals surface area contributed by atoms with Crippen LogP contribution in [0.1, 0.15) is 18.1 Å². The highest BCUT2D eigenvalue weighted by molar-refractivity contribution is 5.91. The molecule has 0 bridgehead atoms. The quantitative estimate of drug-likeness (QED) is 0.881. The zero-order valence-corrected chi connectivity index (χ0v) is 10.9. The van der Waals surface area contributed by atoms with Gasteiger partial charge in [0, 0.05) is 0 Å². The smallest absolute Gasteiger partial charge is 0.229 e. The molecular weight excluding hydrogens is 238 g/mol. The summed E-state index contributed by atoms with van der Waals surface area (Å²) in [5.74, 6) is 0.436. The van der Waals surface area contributed by atoms with Crippen LogP contribution >= 0.6 is 0 Å². The topological polar surface area (TPSA) is 68.0 Å². The Kier molecular flexibility index (Phi) is 4.13. The predicted octanol–water partition coefficient (Wildman–Crippen LogP) is 2.41. The molecule has 0 aliphatic rings. The SMILES string of the molecule is CCc1ccc(CC(=O)Nc2ccc(N)cn2)cc1. The fraction of sp³-hybridized carbons (Fsp3) is 0.200. The van der Waals surface area contributed by atoms with Gasteiger partial charge in [-0.1, -0.05) is 31.2 Å². The fourth-order valence-electron chi connectivity index (χ4n) is 1.74. The van der Waals surface area contributed by atoms with Crippen molar-refractivity contribution in [1.82, 2.24) is 4.98 Å². The van der Waals surface area contributed by atoms with Gasteiger partial charge in [0.25, 0.3) is 0 Å². The van der Waals surface area contributed by atoms with Gasteiger partial charge in [-0.3, -0.25) is 4.79 Å². The number of aromatic nitrogens is 1. The van der Waals surface area contributed by atoms with Crippen LogP contribution in [0.5, 0.6) is 0 Å². The van der Waals surface area contributed by atoms with Crippen LogP contribution in [0.4, 0.5) is 11.5 Å². The maximum atomic E-state index is 11.8. The first-order chi connectivity index (χ1) is 9.17. The highest BCUT2D eigenvalue weighted by atomic mass is 16.1. The molecule has 19 heavy (non-hydrogen) atoms. The number of hydrogen-bond acceptors (Lipinski definition) is 3. The van der Waals surface area contributed by atoms with E-state index in [1.165, 1.54) is 11.8 Å². The van der Waals surface area contributed by atoms with Gasteiger partial charge in [0.1, 0.15) is 5.82 Å². The molecule has 1 aromatic carbocycles. The maximum absolute atomic E-state index is 11.8. The van der Waals surface area contributed by atoms with Crippen molar-refractivity contribution >= 4 is 17.4 Å². The van der Waals surface area contributed by atoms with Gasteiger partial charge in [-0.25, -0.2) is 4.98 Å². The molecule has 0 unspecified atom stereocenters. The lowest BCUT2D eigenvalue weighted by Gasteiger charge is -2.05. The Balaban J connectivity index is 1.95. The molecule has 0 saturated carbocycles. The van der Waals surface area contributed by atoms with Crippen molar-refractivity contribution in [3.05, 3.63) is 53.7 Å². The number of nitrogens with zero attached hydrogens (tertiary/aromatic N) is 1. The Labute approximate surface area is 112 Å². The van der Waals surface area contributed by atoms with E-state index in [0.29, 0.717) is 17.9 Å². The lowest BCUT2D eigenvalue weighted by molar-refractivity contribution is -0.115. The number of carbonyl (C=O) groups is 1. The summed E-state index contributed by atoms with van der Waals surface area (Å²) in [6, 6.07) is 11.4. The number of nitrogen functional groups attached to an aromatic ring is 1. The Bertz CT molecular complexity index is 547. The second-order valence-corrected chi connectivity index (χ2v) is 4.37. The first kappa shape index (κ1) is 13.1. The molecular formula is C15H17N3O. The second-order valence-electron chi connectivity index (χ2n) is 4.37. The molecule has 0 saturated heterocycles. The first-order valence-corrected chi connectivity index (χ1v) is 6.26. The number of aryl methyl sites for hydroxylation is 1. The normalized spacial score (nSPS) is 10.2.